The van der Waals surface area contributed by atoms with Gasteiger partial charge in [-0.2, -0.15) is 0 Å². The van der Waals surface area contributed by atoms with Gasteiger partial charge in [0.05, 0.1) is 16.8 Å². The summed E-state index contributed by atoms with van der Waals surface area (Å²) >= 11 is 5.67. The van der Waals surface area contributed by atoms with Gasteiger partial charge in [0.25, 0.3) is 11.8 Å². The van der Waals surface area contributed by atoms with Gasteiger partial charge in [-0.05, 0) is 37.1 Å². The molecule has 146 valence electrons. The zero-order valence-corrected chi connectivity index (χ0v) is 15.9. The predicted molar refractivity (Wildman–Crippen MR) is 104 cm³/mol. The Balaban J connectivity index is 1.57. The maximum Gasteiger partial charge on any atom is 0.340 e. The summed E-state index contributed by atoms with van der Waals surface area (Å²) < 4.78 is 4.98. The molecule has 1 fully saturated rings. The normalized spacial score (nSPS) is 13.8. The number of nitrogens with one attached hydrogen (secondary N) is 2. The van der Waals surface area contributed by atoms with Gasteiger partial charge >= 0.3 is 5.97 Å². The summed E-state index contributed by atoms with van der Waals surface area (Å²) in [6, 6.07) is 9.80. The molecule has 1 aromatic carbocycles. The molecule has 28 heavy (non-hydrogen) atoms. The topological polar surface area (TPSA) is 97.4 Å². The van der Waals surface area contributed by atoms with E-state index >= 15 is 0 Å². The molecule has 2 amide bonds. The third-order valence-corrected chi connectivity index (χ3v) is 4.66. The summed E-state index contributed by atoms with van der Waals surface area (Å²) in [5.74, 6) is -1.46. The number of pyridine rings is 1. The molecule has 2 aromatic rings. The molecule has 2 N–H and O–H groups in total. The molecular formula is C20H20ClN3O4. The first-order chi connectivity index (χ1) is 13.5. The quantitative estimate of drug-likeness (QED) is 0.572. The molecule has 1 aliphatic rings. The number of rotatable bonds is 6. The highest BCUT2D eigenvalue weighted by Gasteiger charge is 2.20. The monoisotopic (exact) mass is 401 g/mol. The van der Waals surface area contributed by atoms with Gasteiger partial charge in [-0.15, -0.1) is 0 Å². The van der Waals surface area contributed by atoms with E-state index in [1.165, 1.54) is 18.3 Å². The fourth-order valence-corrected chi connectivity index (χ4v) is 3.13. The van der Waals surface area contributed by atoms with Gasteiger partial charge in [-0.3, -0.25) is 9.59 Å². The first kappa shape index (κ1) is 19.8. The Labute approximate surface area is 167 Å². The Bertz CT molecular complexity index is 864. The molecule has 8 heteroatoms. The van der Waals surface area contributed by atoms with Crippen molar-refractivity contribution >= 4 is 35.1 Å². The van der Waals surface area contributed by atoms with Crippen LogP contribution in [0.3, 0.4) is 0 Å². The molecule has 0 aliphatic heterocycles. The van der Waals surface area contributed by atoms with Crippen LogP contribution in [0.5, 0.6) is 0 Å². The molecule has 0 atom stereocenters. The first-order valence-electron chi connectivity index (χ1n) is 9.01. The molecule has 3 rings (SSSR count). The molecule has 0 unspecified atom stereocenters. The van der Waals surface area contributed by atoms with Crippen molar-refractivity contribution in [1.82, 2.24) is 10.3 Å². The Kier molecular flexibility index (Phi) is 6.60. The maximum absolute atomic E-state index is 12.5. The number of carbonyl (C=O) groups excluding carboxylic acids is 3. The van der Waals surface area contributed by atoms with E-state index in [2.05, 4.69) is 15.6 Å². The number of aromatic nitrogens is 1. The lowest BCUT2D eigenvalue weighted by atomic mass is 10.1. The van der Waals surface area contributed by atoms with Crippen LogP contribution in [0.4, 0.5) is 5.69 Å². The smallest absolute Gasteiger partial charge is 0.340 e. The average Bonchev–Trinajstić information content (AvgIpc) is 3.20. The Morgan fingerprint density at radius 2 is 1.86 bits per heavy atom. The Morgan fingerprint density at radius 3 is 2.57 bits per heavy atom. The second-order valence-electron chi connectivity index (χ2n) is 6.49. The average molecular weight is 402 g/mol. The predicted octanol–water partition coefficient (Wildman–Crippen LogP) is 3.20. The molecule has 0 bridgehead atoms. The van der Waals surface area contributed by atoms with Crippen LogP contribution in [-0.4, -0.2) is 35.4 Å². The van der Waals surface area contributed by atoms with Crippen LogP contribution in [0, 0.1) is 0 Å². The third-order valence-electron chi connectivity index (χ3n) is 4.43. The van der Waals surface area contributed by atoms with Crippen molar-refractivity contribution in [1.29, 1.82) is 0 Å². The van der Waals surface area contributed by atoms with Gasteiger partial charge in [0.1, 0.15) is 5.15 Å². The third kappa shape index (κ3) is 5.29. The fourth-order valence-electron chi connectivity index (χ4n) is 3.02. The van der Waals surface area contributed by atoms with Crippen molar-refractivity contribution in [3.8, 4) is 0 Å². The molecule has 7 nitrogen and oxygen atoms in total. The largest absolute Gasteiger partial charge is 0.452 e. The van der Waals surface area contributed by atoms with Crippen molar-refractivity contribution in [3.63, 3.8) is 0 Å². The number of para-hydroxylation sites is 1. The number of halogens is 1. The number of hydrogen-bond acceptors (Lipinski definition) is 5. The van der Waals surface area contributed by atoms with Gasteiger partial charge < -0.3 is 15.4 Å². The first-order valence-corrected chi connectivity index (χ1v) is 9.39. The van der Waals surface area contributed by atoms with Crippen molar-refractivity contribution in [2.75, 3.05) is 11.9 Å². The SMILES string of the molecule is O=C(COC(=O)c1ccc(Cl)nc1)Nc1ccccc1C(=O)NC1CCCC1. The van der Waals surface area contributed by atoms with Crippen molar-refractivity contribution in [3.05, 3.63) is 58.9 Å². The van der Waals surface area contributed by atoms with Gasteiger partial charge in [0, 0.05) is 12.2 Å². The Hall–Kier alpha value is -2.93. The van der Waals surface area contributed by atoms with E-state index in [1.807, 2.05) is 0 Å². The lowest BCUT2D eigenvalue weighted by Gasteiger charge is -2.15. The number of carbonyl (C=O) groups is 3. The minimum Gasteiger partial charge on any atom is -0.452 e. The molecule has 0 radical (unpaired) electrons. The number of amides is 2. The van der Waals surface area contributed by atoms with E-state index in [0.717, 1.165) is 25.7 Å². The summed E-state index contributed by atoms with van der Waals surface area (Å²) in [7, 11) is 0. The van der Waals surface area contributed by atoms with E-state index < -0.39 is 18.5 Å². The van der Waals surface area contributed by atoms with Crippen LogP contribution >= 0.6 is 11.6 Å². The van der Waals surface area contributed by atoms with E-state index in [9.17, 15) is 14.4 Å². The van der Waals surface area contributed by atoms with Crippen LogP contribution in [0.1, 0.15) is 46.4 Å². The van der Waals surface area contributed by atoms with Crippen LogP contribution in [0.25, 0.3) is 0 Å². The second-order valence-corrected chi connectivity index (χ2v) is 6.88. The van der Waals surface area contributed by atoms with Crippen molar-refractivity contribution in [2.45, 2.75) is 31.7 Å². The van der Waals surface area contributed by atoms with Gasteiger partial charge in [0.2, 0.25) is 0 Å². The molecule has 1 heterocycles. The van der Waals surface area contributed by atoms with Crippen LogP contribution in [-0.2, 0) is 9.53 Å². The van der Waals surface area contributed by atoms with Gasteiger partial charge in [0.15, 0.2) is 6.61 Å². The van der Waals surface area contributed by atoms with E-state index in [1.54, 1.807) is 24.3 Å². The van der Waals surface area contributed by atoms with E-state index in [-0.39, 0.29) is 22.7 Å². The van der Waals surface area contributed by atoms with E-state index in [4.69, 9.17) is 16.3 Å². The maximum atomic E-state index is 12.5. The Morgan fingerprint density at radius 1 is 1.11 bits per heavy atom. The van der Waals surface area contributed by atoms with Crippen molar-refractivity contribution < 1.29 is 19.1 Å². The summed E-state index contributed by atoms with van der Waals surface area (Å²) in [5, 5.41) is 5.86. The lowest BCUT2D eigenvalue weighted by Crippen LogP contribution is -2.33. The van der Waals surface area contributed by atoms with E-state index in [0.29, 0.717) is 11.3 Å². The van der Waals surface area contributed by atoms with Crippen LogP contribution < -0.4 is 10.6 Å². The number of hydrogen-bond donors (Lipinski definition) is 2. The van der Waals surface area contributed by atoms with Gasteiger partial charge in [-0.25, -0.2) is 9.78 Å². The number of anilines is 1. The highest BCUT2D eigenvalue weighted by atomic mass is 35.5. The number of nitrogens with zero attached hydrogens (tertiary/aromatic N) is 1. The summed E-state index contributed by atoms with van der Waals surface area (Å²) in [6.45, 7) is -0.486. The summed E-state index contributed by atoms with van der Waals surface area (Å²) in [5.41, 5.74) is 0.928. The summed E-state index contributed by atoms with van der Waals surface area (Å²) in [4.78, 5) is 40.4. The van der Waals surface area contributed by atoms with Crippen molar-refractivity contribution in [2.24, 2.45) is 0 Å². The zero-order valence-electron chi connectivity index (χ0n) is 15.1. The fraction of sp³-hybridized carbons (Fsp3) is 0.300. The van der Waals surface area contributed by atoms with Crippen LogP contribution in [0.15, 0.2) is 42.6 Å². The standard InChI is InChI=1S/C20H20ClN3O4/c21-17-10-9-13(11-22-17)20(27)28-12-18(25)24-16-8-4-3-7-15(16)19(26)23-14-5-1-2-6-14/h3-4,7-11,14H,1-2,5-6,12H2,(H,23,26)(H,24,25). The second kappa shape index (κ2) is 9.32. The minimum atomic E-state index is -0.688. The van der Waals surface area contributed by atoms with Gasteiger partial charge in [-0.1, -0.05) is 36.6 Å². The molecule has 0 saturated heterocycles. The minimum absolute atomic E-state index is 0.171. The zero-order chi connectivity index (χ0) is 19.9. The number of esters is 1. The number of ether oxygens (including phenoxy) is 1. The molecule has 0 spiro atoms. The lowest BCUT2D eigenvalue weighted by molar-refractivity contribution is -0.119. The molecule has 1 saturated carbocycles. The molecular weight excluding hydrogens is 382 g/mol. The van der Waals surface area contributed by atoms with Crippen LogP contribution in [0.2, 0.25) is 5.15 Å². The number of benzene rings is 1. The highest BCUT2D eigenvalue weighted by molar-refractivity contribution is 6.29. The molecule has 1 aliphatic carbocycles. The molecule has 1 aromatic heterocycles. The highest BCUT2D eigenvalue weighted by Crippen LogP contribution is 2.20. The summed E-state index contributed by atoms with van der Waals surface area (Å²) in [6.07, 6.45) is 5.42.